The van der Waals surface area contributed by atoms with Crippen LogP contribution in [-0.2, 0) is 14.3 Å². The Labute approximate surface area is 110 Å². The lowest BCUT2D eigenvalue weighted by Gasteiger charge is -2.20. The molecule has 0 spiro atoms. The topological polar surface area (TPSA) is 46.6 Å². The third-order valence-corrected chi connectivity index (χ3v) is 3.03. The Balaban J connectivity index is 4.29. The predicted molar refractivity (Wildman–Crippen MR) is 72.3 cm³/mol. The van der Waals surface area contributed by atoms with Gasteiger partial charge in [-0.05, 0) is 45.0 Å². The second kappa shape index (κ2) is 9.83. The smallest absolute Gasteiger partial charge is 0.313 e. The van der Waals surface area contributed by atoms with Crippen molar-refractivity contribution in [3.63, 3.8) is 0 Å². The van der Waals surface area contributed by atoms with Crippen molar-refractivity contribution in [2.45, 2.75) is 33.6 Å². The fraction of sp³-hybridized carbons (Fsp3) is 0.714. The van der Waals surface area contributed by atoms with E-state index in [9.17, 15) is 9.59 Å². The van der Waals surface area contributed by atoms with Crippen LogP contribution in [-0.4, -0.2) is 43.4 Å². The molecule has 0 radical (unpaired) electrons. The zero-order valence-corrected chi connectivity index (χ0v) is 11.8. The molecule has 0 amide bonds. The molecule has 0 aromatic carbocycles. The molecule has 0 heterocycles. The van der Waals surface area contributed by atoms with Gasteiger partial charge in [-0.15, -0.1) is 0 Å². The maximum absolute atomic E-state index is 11.7. The number of esters is 1. The Morgan fingerprint density at radius 2 is 1.94 bits per heavy atom. The van der Waals surface area contributed by atoms with Crippen LogP contribution in [0.1, 0.15) is 33.6 Å². The Hall–Kier alpha value is -1.16. The lowest BCUT2D eigenvalue weighted by atomic mass is 9.96. The number of ether oxygens (including phenoxy) is 1. The van der Waals surface area contributed by atoms with E-state index < -0.39 is 5.92 Å². The standard InChI is InChI=1S/C14H25NO3/c1-5-15(6-2)10-8-9-13(12(4)11-16)14(17)18-7-3/h11,13H,4-10H2,1-3H3/t13-/m1/s1. The molecule has 0 bridgehead atoms. The summed E-state index contributed by atoms with van der Waals surface area (Å²) in [6, 6.07) is 0. The van der Waals surface area contributed by atoms with E-state index >= 15 is 0 Å². The zero-order valence-electron chi connectivity index (χ0n) is 11.8. The summed E-state index contributed by atoms with van der Waals surface area (Å²) in [5, 5.41) is 0. The summed E-state index contributed by atoms with van der Waals surface area (Å²) in [4.78, 5) is 24.7. The number of rotatable bonds is 10. The molecule has 0 aliphatic carbocycles. The molecular weight excluding hydrogens is 230 g/mol. The molecule has 0 N–H and O–H groups in total. The van der Waals surface area contributed by atoms with Crippen LogP contribution in [0.25, 0.3) is 0 Å². The fourth-order valence-corrected chi connectivity index (χ4v) is 1.84. The first-order valence-corrected chi connectivity index (χ1v) is 6.63. The van der Waals surface area contributed by atoms with Gasteiger partial charge in [0.2, 0.25) is 0 Å². The van der Waals surface area contributed by atoms with Crippen LogP contribution < -0.4 is 0 Å². The van der Waals surface area contributed by atoms with Crippen LogP contribution in [0.15, 0.2) is 12.2 Å². The van der Waals surface area contributed by atoms with E-state index in [1.165, 1.54) is 0 Å². The van der Waals surface area contributed by atoms with Gasteiger partial charge in [0.1, 0.15) is 6.29 Å². The maximum atomic E-state index is 11.7. The van der Waals surface area contributed by atoms with Crippen LogP contribution in [0, 0.1) is 5.92 Å². The van der Waals surface area contributed by atoms with Crippen molar-refractivity contribution in [1.29, 1.82) is 0 Å². The van der Waals surface area contributed by atoms with Crippen LogP contribution in [0.3, 0.4) is 0 Å². The summed E-state index contributed by atoms with van der Waals surface area (Å²) in [6.07, 6.45) is 2.13. The van der Waals surface area contributed by atoms with Gasteiger partial charge in [0, 0.05) is 0 Å². The highest BCUT2D eigenvalue weighted by Gasteiger charge is 2.22. The molecule has 18 heavy (non-hydrogen) atoms. The summed E-state index contributed by atoms with van der Waals surface area (Å²) < 4.78 is 4.96. The summed E-state index contributed by atoms with van der Waals surface area (Å²) >= 11 is 0. The van der Waals surface area contributed by atoms with E-state index in [0.29, 0.717) is 24.9 Å². The Bertz CT molecular complexity index is 272. The van der Waals surface area contributed by atoms with Crippen molar-refractivity contribution in [3.05, 3.63) is 12.2 Å². The summed E-state index contributed by atoms with van der Waals surface area (Å²) in [5.74, 6) is -0.827. The van der Waals surface area contributed by atoms with Crippen molar-refractivity contribution in [1.82, 2.24) is 4.90 Å². The van der Waals surface area contributed by atoms with E-state index in [2.05, 4.69) is 25.3 Å². The number of carbonyl (C=O) groups is 2. The van der Waals surface area contributed by atoms with Crippen LogP contribution in [0.2, 0.25) is 0 Å². The van der Waals surface area contributed by atoms with Gasteiger partial charge in [0.05, 0.1) is 12.5 Å². The molecule has 0 aliphatic rings. The van der Waals surface area contributed by atoms with E-state index in [1.807, 2.05) is 0 Å². The number of hydrogen-bond acceptors (Lipinski definition) is 4. The molecule has 0 unspecified atom stereocenters. The SMILES string of the molecule is C=C(C=O)[C@@H](CCCN(CC)CC)C(=O)OCC. The van der Waals surface area contributed by atoms with Crippen molar-refractivity contribution < 1.29 is 14.3 Å². The van der Waals surface area contributed by atoms with E-state index in [4.69, 9.17) is 4.74 Å². The molecule has 0 rings (SSSR count). The molecule has 0 saturated carbocycles. The highest BCUT2D eigenvalue weighted by atomic mass is 16.5. The largest absolute Gasteiger partial charge is 0.466 e. The van der Waals surface area contributed by atoms with E-state index in [1.54, 1.807) is 6.92 Å². The molecule has 4 heteroatoms. The molecule has 1 atom stereocenters. The first-order valence-electron chi connectivity index (χ1n) is 6.63. The Kier molecular flexibility index (Phi) is 9.19. The fourth-order valence-electron chi connectivity index (χ4n) is 1.84. The van der Waals surface area contributed by atoms with Crippen LogP contribution in [0.4, 0.5) is 0 Å². The minimum atomic E-state index is -0.488. The van der Waals surface area contributed by atoms with Gasteiger partial charge in [-0.1, -0.05) is 20.4 Å². The molecular formula is C14H25NO3. The third-order valence-electron chi connectivity index (χ3n) is 3.03. The highest BCUT2D eigenvalue weighted by Crippen LogP contribution is 2.16. The molecule has 0 aromatic rings. The van der Waals surface area contributed by atoms with Gasteiger partial charge < -0.3 is 9.64 Å². The van der Waals surface area contributed by atoms with Gasteiger partial charge >= 0.3 is 5.97 Å². The predicted octanol–water partition coefficient (Wildman–Crippen LogP) is 2.04. The van der Waals surface area contributed by atoms with Gasteiger partial charge in [-0.3, -0.25) is 9.59 Å². The second-order valence-corrected chi connectivity index (χ2v) is 4.17. The maximum Gasteiger partial charge on any atom is 0.313 e. The van der Waals surface area contributed by atoms with Crippen LogP contribution in [0.5, 0.6) is 0 Å². The number of hydrogen-bond donors (Lipinski definition) is 0. The first-order chi connectivity index (χ1) is 8.60. The third kappa shape index (κ3) is 5.96. The Morgan fingerprint density at radius 1 is 1.33 bits per heavy atom. The number of nitrogens with zero attached hydrogens (tertiary/aromatic N) is 1. The minimum Gasteiger partial charge on any atom is -0.466 e. The number of carbonyl (C=O) groups excluding carboxylic acids is 2. The lowest BCUT2D eigenvalue weighted by Crippen LogP contribution is -2.26. The minimum absolute atomic E-state index is 0.313. The van der Waals surface area contributed by atoms with Gasteiger partial charge in [-0.2, -0.15) is 0 Å². The van der Waals surface area contributed by atoms with Gasteiger partial charge in [0.15, 0.2) is 0 Å². The summed E-state index contributed by atoms with van der Waals surface area (Å²) in [6.45, 7) is 12.9. The molecule has 0 aliphatic heterocycles. The molecule has 104 valence electrons. The van der Waals surface area contributed by atoms with Crippen LogP contribution >= 0.6 is 0 Å². The summed E-state index contributed by atoms with van der Waals surface area (Å²) in [7, 11) is 0. The molecule has 0 fully saturated rings. The number of aldehydes is 1. The van der Waals surface area contributed by atoms with E-state index in [-0.39, 0.29) is 5.97 Å². The van der Waals surface area contributed by atoms with Gasteiger partial charge in [-0.25, -0.2) is 0 Å². The average molecular weight is 255 g/mol. The van der Waals surface area contributed by atoms with Gasteiger partial charge in [0.25, 0.3) is 0 Å². The molecule has 0 saturated heterocycles. The normalized spacial score (nSPS) is 12.2. The average Bonchev–Trinajstić information content (AvgIpc) is 2.38. The molecule has 4 nitrogen and oxygen atoms in total. The Morgan fingerprint density at radius 3 is 2.39 bits per heavy atom. The second-order valence-electron chi connectivity index (χ2n) is 4.17. The zero-order chi connectivity index (χ0) is 14.0. The molecule has 0 aromatic heterocycles. The highest BCUT2D eigenvalue weighted by molar-refractivity contribution is 5.86. The first kappa shape index (κ1) is 16.8. The van der Waals surface area contributed by atoms with E-state index in [0.717, 1.165) is 26.1 Å². The quantitative estimate of drug-likeness (QED) is 0.340. The van der Waals surface area contributed by atoms with Crippen molar-refractivity contribution in [2.24, 2.45) is 5.92 Å². The lowest BCUT2D eigenvalue weighted by molar-refractivity contribution is -0.147. The monoisotopic (exact) mass is 255 g/mol. The van der Waals surface area contributed by atoms with Crippen molar-refractivity contribution >= 4 is 12.3 Å². The van der Waals surface area contributed by atoms with Crippen molar-refractivity contribution in [3.8, 4) is 0 Å². The van der Waals surface area contributed by atoms with Crippen molar-refractivity contribution in [2.75, 3.05) is 26.2 Å². The summed E-state index contributed by atoms with van der Waals surface area (Å²) in [5.41, 5.74) is 0.313.